The van der Waals surface area contributed by atoms with Crippen LogP contribution in [0.15, 0.2) is 34.9 Å². The van der Waals surface area contributed by atoms with E-state index in [4.69, 9.17) is 11.6 Å². The fraction of sp³-hybridized carbons (Fsp3) is 0.308. The van der Waals surface area contributed by atoms with Gasteiger partial charge in [-0.05, 0) is 40.2 Å². The lowest BCUT2D eigenvalue weighted by Crippen LogP contribution is -2.17. The van der Waals surface area contributed by atoms with Crippen LogP contribution in [0.5, 0.6) is 0 Å². The SMILES string of the molecule is CC(C)(C)C(=O)/C=C/Nc1ccc(Br)c(Cl)c1. The van der Waals surface area contributed by atoms with E-state index in [-0.39, 0.29) is 11.2 Å². The van der Waals surface area contributed by atoms with Crippen LogP contribution in [-0.2, 0) is 4.79 Å². The van der Waals surface area contributed by atoms with Gasteiger partial charge in [-0.2, -0.15) is 0 Å². The van der Waals surface area contributed by atoms with Crippen molar-refractivity contribution in [1.82, 2.24) is 0 Å². The van der Waals surface area contributed by atoms with Crippen LogP contribution < -0.4 is 5.32 Å². The lowest BCUT2D eigenvalue weighted by molar-refractivity contribution is -0.121. The summed E-state index contributed by atoms with van der Waals surface area (Å²) in [5.74, 6) is 0.0770. The van der Waals surface area contributed by atoms with Crippen LogP contribution in [0, 0.1) is 5.41 Å². The predicted molar refractivity (Wildman–Crippen MR) is 76.4 cm³/mol. The van der Waals surface area contributed by atoms with Crippen molar-refractivity contribution in [2.45, 2.75) is 20.8 Å². The summed E-state index contributed by atoms with van der Waals surface area (Å²) in [4.78, 5) is 11.6. The van der Waals surface area contributed by atoms with Crippen LogP contribution in [0.25, 0.3) is 0 Å². The third-order valence-corrected chi connectivity index (χ3v) is 3.38. The molecule has 0 saturated carbocycles. The van der Waals surface area contributed by atoms with E-state index < -0.39 is 0 Å². The average Bonchev–Trinajstić information content (AvgIpc) is 2.22. The maximum absolute atomic E-state index is 11.6. The zero-order valence-corrected chi connectivity index (χ0v) is 12.4. The topological polar surface area (TPSA) is 29.1 Å². The molecule has 0 radical (unpaired) electrons. The molecular weight excluding hydrogens is 302 g/mol. The lowest BCUT2D eigenvalue weighted by atomic mass is 9.91. The van der Waals surface area contributed by atoms with Gasteiger partial charge in [0.25, 0.3) is 0 Å². The van der Waals surface area contributed by atoms with Gasteiger partial charge in [-0.3, -0.25) is 4.79 Å². The highest BCUT2D eigenvalue weighted by atomic mass is 79.9. The number of hydrogen-bond acceptors (Lipinski definition) is 2. The number of halogens is 2. The number of allylic oxidation sites excluding steroid dienone is 1. The highest BCUT2D eigenvalue weighted by Gasteiger charge is 2.17. The highest BCUT2D eigenvalue weighted by Crippen LogP contribution is 2.25. The maximum atomic E-state index is 11.6. The molecule has 0 aliphatic rings. The molecule has 0 spiro atoms. The second kappa shape index (κ2) is 5.69. The molecule has 1 aromatic carbocycles. The van der Waals surface area contributed by atoms with E-state index in [1.165, 1.54) is 6.08 Å². The van der Waals surface area contributed by atoms with E-state index in [0.717, 1.165) is 10.2 Å². The minimum atomic E-state index is -0.352. The van der Waals surface area contributed by atoms with Gasteiger partial charge in [0, 0.05) is 21.8 Å². The molecule has 0 unspecified atom stereocenters. The zero-order valence-electron chi connectivity index (χ0n) is 10.1. The number of carbonyl (C=O) groups excluding carboxylic acids is 1. The van der Waals surface area contributed by atoms with Gasteiger partial charge < -0.3 is 5.32 Å². The van der Waals surface area contributed by atoms with Crippen molar-refractivity contribution in [3.8, 4) is 0 Å². The molecule has 1 aromatic rings. The molecule has 4 heteroatoms. The van der Waals surface area contributed by atoms with E-state index in [2.05, 4.69) is 21.2 Å². The largest absolute Gasteiger partial charge is 0.362 e. The first-order valence-corrected chi connectivity index (χ1v) is 6.40. The summed E-state index contributed by atoms with van der Waals surface area (Å²) in [7, 11) is 0. The number of nitrogens with one attached hydrogen (secondary N) is 1. The Hall–Kier alpha value is -0.800. The second-order valence-corrected chi connectivity index (χ2v) is 5.98. The van der Waals surface area contributed by atoms with Crippen molar-refractivity contribution in [3.63, 3.8) is 0 Å². The van der Waals surface area contributed by atoms with Gasteiger partial charge in [-0.1, -0.05) is 32.4 Å². The summed E-state index contributed by atoms with van der Waals surface area (Å²) in [5, 5.41) is 3.64. The van der Waals surface area contributed by atoms with Crippen molar-refractivity contribution in [2.75, 3.05) is 5.32 Å². The molecule has 0 aliphatic heterocycles. The minimum Gasteiger partial charge on any atom is -0.362 e. The number of anilines is 1. The summed E-state index contributed by atoms with van der Waals surface area (Å²) in [6.07, 6.45) is 3.17. The van der Waals surface area contributed by atoms with Crippen LogP contribution in [-0.4, -0.2) is 5.78 Å². The normalized spacial score (nSPS) is 11.8. The molecule has 2 nitrogen and oxygen atoms in total. The van der Waals surface area contributed by atoms with Crippen molar-refractivity contribution < 1.29 is 4.79 Å². The molecule has 1 rings (SSSR count). The van der Waals surface area contributed by atoms with Gasteiger partial charge in [0.2, 0.25) is 0 Å². The van der Waals surface area contributed by atoms with E-state index in [9.17, 15) is 4.79 Å². The molecule has 0 aliphatic carbocycles. The molecule has 92 valence electrons. The summed E-state index contributed by atoms with van der Waals surface area (Å²) < 4.78 is 0.847. The first-order chi connectivity index (χ1) is 7.80. The molecule has 0 bridgehead atoms. The van der Waals surface area contributed by atoms with Gasteiger partial charge in [0.05, 0.1) is 5.02 Å². The van der Waals surface area contributed by atoms with E-state index in [0.29, 0.717) is 5.02 Å². The standard InChI is InChI=1S/C13H15BrClNO/c1-13(2,3)12(17)6-7-16-9-4-5-10(14)11(15)8-9/h4-8,16H,1-3H3/b7-6+. The molecule has 0 atom stereocenters. The molecule has 0 amide bonds. The van der Waals surface area contributed by atoms with E-state index in [1.807, 2.05) is 32.9 Å². The smallest absolute Gasteiger partial charge is 0.162 e. The van der Waals surface area contributed by atoms with Crippen molar-refractivity contribution in [3.05, 3.63) is 40.0 Å². The Labute approximate surface area is 115 Å². The van der Waals surface area contributed by atoms with Crippen molar-refractivity contribution >= 4 is 39.0 Å². The number of carbonyl (C=O) groups is 1. The van der Waals surface area contributed by atoms with Crippen LogP contribution in [0.4, 0.5) is 5.69 Å². The Kier molecular flexibility index (Phi) is 4.78. The first kappa shape index (κ1) is 14.3. The molecule has 0 heterocycles. The Balaban J connectivity index is 2.65. The first-order valence-electron chi connectivity index (χ1n) is 5.23. The maximum Gasteiger partial charge on any atom is 0.162 e. The number of ketones is 1. The summed E-state index contributed by atoms with van der Waals surface area (Å²) in [6.45, 7) is 5.66. The monoisotopic (exact) mass is 315 g/mol. The summed E-state index contributed by atoms with van der Waals surface area (Å²) in [6, 6.07) is 5.52. The molecule has 17 heavy (non-hydrogen) atoms. The third kappa shape index (κ3) is 4.52. The van der Waals surface area contributed by atoms with Crippen LogP contribution in [0.2, 0.25) is 5.02 Å². The lowest BCUT2D eigenvalue weighted by Gasteiger charge is -2.13. The predicted octanol–water partition coefficient (Wildman–Crippen LogP) is 4.64. The average molecular weight is 317 g/mol. The van der Waals surface area contributed by atoms with E-state index in [1.54, 1.807) is 12.3 Å². The van der Waals surface area contributed by atoms with Crippen LogP contribution in [0.1, 0.15) is 20.8 Å². The van der Waals surface area contributed by atoms with Gasteiger partial charge in [-0.25, -0.2) is 0 Å². The zero-order chi connectivity index (χ0) is 13.1. The Morgan fingerprint density at radius 3 is 2.59 bits per heavy atom. The Morgan fingerprint density at radius 2 is 2.06 bits per heavy atom. The molecule has 0 fully saturated rings. The third-order valence-electron chi connectivity index (χ3n) is 2.14. The van der Waals surface area contributed by atoms with Gasteiger partial charge >= 0.3 is 0 Å². The molecule has 0 saturated heterocycles. The summed E-state index contributed by atoms with van der Waals surface area (Å²) >= 11 is 9.26. The highest BCUT2D eigenvalue weighted by molar-refractivity contribution is 9.10. The fourth-order valence-corrected chi connectivity index (χ4v) is 1.48. The minimum absolute atomic E-state index is 0.0770. The van der Waals surface area contributed by atoms with E-state index >= 15 is 0 Å². The second-order valence-electron chi connectivity index (χ2n) is 4.72. The molecule has 1 N–H and O–H groups in total. The van der Waals surface area contributed by atoms with Crippen molar-refractivity contribution in [1.29, 1.82) is 0 Å². The number of rotatable bonds is 3. The van der Waals surface area contributed by atoms with Crippen LogP contribution in [0.3, 0.4) is 0 Å². The van der Waals surface area contributed by atoms with Gasteiger partial charge in [-0.15, -0.1) is 0 Å². The fourth-order valence-electron chi connectivity index (χ4n) is 1.05. The van der Waals surface area contributed by atoms with Crippen molar-refractivity contribution in [2.24, 2.45) is 5.41 Å². The number of hydrogen-bond donors (Lipinski definition) is 1. The Bertz CT molecular complexity index is 449. The summed E-state index contributed by atoms with van der Waals surface area (Å²) in [5.41, 5.74) is 0.492. The molecule has 0 aromatic heterocycles. The number of benzene rings is 1. The van der Waals surface area contributed by atoms with Gasteiger partial charge in [0.15, 0.2) is 5.78 Å². The van der Waals surface area contributed by atoms with Crippen LogP contribution >= 0.6 is 27.5 Å². The quantitative estimate of drug-likeness (QED) is 0.823. The Morgan fingerprint density at radius 1 is 1.41 bits per heavy atom. The molecular formula is C13H15BrClNO. The van der Waals surface area contributed by atoms with Gasteiger partial charge in [0.1, 0.15) is 0 Å².